The van der Waals surface area contributed by atoms with E-state index in [-0.39, 0.29) is 5.82 Å². The summed E-state index contributed by atoms with van der Waals surface area (Å²) in [5, 5.41) is 12.1. The minimum absolute atomic E-state index is 0.0554. The van der Waals surface area contributed by atoms with Crippen LogP contribution in [0.15, 0.2) is 24.5 Å². The van der Waals surface area contributed by atoms with E-state index in [1.54, 1.807) is 23.1 Å². The average molecular weight is 322 g/mol. The molecule has 1 N–H and O–H groups in total. The van der Waals surface area contributed by atoms with Crippen LogP contribution in [0.25, 0.3) is 16.8 Å². The minimum atomic E-state index is -0.414. The van der Waals surface area contributed by atoms with E-state index >= 15 is 0 Å². The zero-order valence-electron chi connectivity index (χ0n) is 13.3. The molecule has 0 aliphatic rings. The highest BCUT2D eigenvalue weighted by atomic mass is 16.2. The standard InChI is InChI=1S/C15H14N8O/c1-8-4-5-16-15-19-12(21-23(8)15)14(24)18-10-6-11-9(2)20-22(3)13(11)17-7-10/h4-7H,1-3H3,(H,18,24). The van der Waals surface area contributed by atoms with Gasteiger partial charge in [0.15, 0.2) is 5.65 Å². The first kappa shape index (κ1) is 14.2. The van der Waals surface area contributed by atoms with E-state index in [1.807, 2.05) is 27.0 Å². The number of amides is 1. The van der Waals surface area contributed by atoms with Crippen LogP contribution in [0, 0.1) is 13.8 Å². The number of aromatic nitrogens is 7. The number of rotatable bonds is 2. The molecule has 0 saturated heterocycles. The van der Waals surface area contributed by atoms with E-state index in [0.29, 0.717) is 11.5 Å². The molecule has 0 unspecified atom stereocenters. The van der Waals surface area contributed by atoms with Gasteiger partial charge in [-0.05, 0) is 26.0 Å². The Labute approximate surface area is 136 Å². The molecular formula is C15H14N8O. The van der Waals surface area contributed by atoms with Crippen molar-refractivity contribution in [1.29, 1.82) is 0 Å². The summed E-state index contributed by atoms with van der Waals surface area (Å²) < 4.78 is 3.23. The van der Waals surface area contributed by atoms with Gasteiger partial charge in [0.2, 0.25) is 5.82 Å². The number of hydrogen-bond acceptors (Lipinski definition) is 6. The molecule has 120 valence electrons. The smallest absolute Gasteiger partial charge is 0.295 e. The fourth-order valence-corrected chi connectivity index (χ4v) is 2.57. The van der Waals surface area contributed by atoms with Gasteiger partial charge in [-0.1, -0.05) is 0 Å². The monoisotopic (exact) mass is 322 g/mol. The van der Waals surface area contributed by atoms with Crippen molar-refractivity contribution in [3.8, 4) is 0 Å². The summed E-state index contributed by atoms with van der Waals surface area (Å²) in [7, 11) is 1.83. The zero-order valence-corrected chi connectivity index (χ0v) is 13.3. The van der Waals surface area contributed by atoms with Gasteiger partial charge in [0.1, 0.15) is 0 Å². The Bertz CT molecular complexity index is 1090. The van der Waals surface area contributed by atoms with Crippen molar-refractivity contribution in [3.05, 3.63) is 41.7 Å². The van der Waals surface area contributed by atoms with Crippen LogP contribution in [0.3, 0.4) is 0 Å². The molecule has 0 aliphatic carbocycles. The molecular weight excluding hydrogens is 308 g/mol. The number of aryl methyl sites for hydroxylation is 3. The van der Waals surface area contributed by atoms with E-state index in [1.165, 1.54) is 4.52 Å². The molecule has 0 fully saturated rings. The van der Waals surface area contributed by atoms with Crippen molar-refractivity contribution in [2.24, 2.45) is 7.05 Å². The van der Waals surface area contributed by atoms with Crippen molar-refractivity contribution < 1.29 is 4.79 Å². The van der Waals surface area contributed by atoms with Crippen molar-refractivity contribution in [3.63, 3.8) is 0 Å². The second-order valence-electron chi connectivity index (χ2n) is 5.49. The number of hydrogen-bond donors (Lipinski definition) is 1. The lowest BCUT2D eigenvalue weighted by molar-refractivity contribution is 0.101. The van der Waals surface area contributed by atoms with Crippen LogP contribution >= 0.6 is 0 Å². The Morgan fingerprint density at radius 1 is 1.21 bits per heavy atom. The molecule has 0 bridgehead atoms. The third-order valence-corrected chi connectivity index (χ3v) is 3.75. The summed E-state index contributed by atoms with van der Waals surface area (Å²) in [4.78, 5) is 25.0. The molecule has 0 atom stereocenters. The molecule has 0 aliphatic heterocycles. The van der Waals surface area contributed by atoms with Gasteiger partial charge in [0.25, 0.3) is 11.7 Å². The Morgan fingerprint density at radius 2 is 2.04 bits per heavy atom. The highest BCUT2D eigenvalue weighted by Gasteiger charge is 2.15. The molecule has 9 nitrogen and oxygen atoms in total. The molecule has 4 rings (SSSR count). The molecule has 4 aromatic rings. The van der Waals surface area contributed by atoms with Crippen LogP contribution in [0.4, 0.5) is 5.69 Å². The van der Waals surface area contributed by atoms with Crippen LogP contribution in [0.2, 0.25) is 0 Å². The molecule has 4 heterocycles. The summed E-state index contributed by atoms with van der Waals surface area (Å²) in [5.41, 5.74) is 3.02. The number of nitrogens with zero attached hydrogens (tertiary/aromatic N) is 7. The normalized spacial score (nSPS) is 11.3. The Balaban J connectivity index is 1.67. The topological polar surface area (TPSA) is 103 Å². The quantitative estimate of drug-likeness (QED) is 0.596. The van der Waals surface area contributed by atoms with Crippen LogP contribution in [0.5, 0.6) is 0 Å². The number of carbonyl (C=O) groups excluding carboxylic acids is 1. The Hall–Kier alpha value is -3.36. The van der Waals surface area contributed by atoms with E-state index in [4.69, 9.17) is 0 Å². The van der Waals surface area contributed by atoms with Crippen molar-refractivity contribution in [2.75, 3.05) is 5.32 Å². The van der Waals surface area contributed by atoms with Crippen LogP contribution in [-0.4, -0.2) is 40.3 Å². The van der Waals surface area contributed by atoms with Crippen LogP contribution in [-0.2, 0) is 7.05 Å². The highest BCUT2D eigenvalue weighted by molar-refractivity contribution is 6.02. The maximum Gasteiger partial charge on any atom is 0.295 e. The van der Waals surface area contributed by atoms with Crippen molar-refractivity contribution >= 4 is 28.4 Å². The predicted octanol–water partition coefficient (Wildman–Crippen LogP) is 1.28. The molecule has 0 radical (unpaired) electrons. The largest absolute Gasteiger partial charge is 0.318 e. The number of nitrogens with one attached hydrogen (secondary N) is 1. The number of fused-ring (bicyclic) bond motifs is 2. The van der Waals surface area contributed by atoms with E-state index in [9.17, 15) is 4.79 Å². The summed E-state index contributed by atoms with van der Waals surface area (Å²) >= 11 is 0. The fourth-order valence-electron chi connectivity index (χ4n) is 2.57. The van der Waals surface area contributed by atoms with Crippen molar-refractivity contribution in [1.82, 2.24) is 34.3 Å². The predicted molar refractivity (Wildman–Crippen MR) is 86.7 cm³/mol. The molecule has 1 amide bonds. The first-order chi connectivity index (χ1) is 11.5. The second-order valence-corrected chi connectivity index (χ2v) is 5.49. The summed E-state index contributed by atoms with van der Waals surface area (Å²) in [6.07, 6.45) is 3.21. The van der Waals surface area contributed by atoms with E-state index < -0.39 is 5.91 Å². The lowest BCUT2D eigenvalue weighted by atomic mass is 10.2. The van der Waals surface area contributed by atoms with Crippen LogP contribution < -0.4 is 5.32 Å². The average Bonchev–Trinajstić information content (AvgIpc) is 3.11. The number of carbonyl (C=O) groups is 1. The summed E-state index contributed by atoms with van der Waals surface area (Å²) in [5.74, 6) is 0.0271. The molecule has 4 aromatic heterocycles. The van der Waals surface area contributed by atoms with Gasteiger partial charge in [0.05, 0.1) is 17.6 Å². The van der Waals surface area contributed by atoms with Gasteiger partial charge in [0, 0.05) is 24.3 Å². The zero-order chi connectivity index (χ0) is 16.8. The van der Waals surface area contributed by atoms with Gasteiger partial charge >= 0.3 is 0 Å². The molecule has 0 saturated carbocycles. The Morgan fingerprint density at radius 3 is 2.83 bits per heavy atom. The third kappa shape index (κ3) is 2.18. The molecule has 24 heavy (non-hydrogen) atoms. The number of pyridine rings is 1. The SMILES string of the molecule is Cc1nn(C)c2ncc(NC(=O)c3nc4nccc(C)n4n3)cc12. The van der Waals surface area contributed by atoms with Crippen molar-refractivity contribution in [2.45, 2.75) is 13.8 Å². The van der Waals surface area contributed by atoms with E-state index in [2.05, 4.69) is 30.5 Å². The first-order valence-electron chi connectivity index (χ1n) is 7.32. The first-order valence-corrected chi connectivity index (χ1v) is 7.32. The molecule has 0 aromatic carbocycles. The van der Waals surface area contributed by atoms with Gasteiger partial charge in [-0.3, -0.25) is 9.48 Å². The van der Waals surface area contributed by atoms with E-state index in [0.717, 1.165) is 22.4 Å². The summed E-state index contributed by atoms with van der Waals surface area (Å²) in [6, 6.07) is 3.63. The maximum absolute atomic E-state index is 12.4. The third-order valence-electron chi connectivity index (χ3n) is 3.75. The Kier molecular flexibility index (Phi) is 3.02. The lowest BCUT2D eigenvalue weighted by Gasteiger charge is -2.02. The van der Waals surface area contributed by atoms with Gasteiger partial charge in [-0.15, -0.1) is 5.10 Å². The minimum Gasteiger partial charge on any atom is -0.318 e. The second kappa shape index (κ2) is 5.08. The lowest BCUT2D eigenvalue weighted by Crippen LogP contribution is -2.14. The van der Waals surface area contributed by atoms with Gasteiger partial charge < -0.3 is 5.32 Å². The maximum atomic E-state index is 12.4. The molecule has 0 spiro atoms. The van der Waals surface area contributed by atoms with Crippen LogP contribution in [0.1, 0.15) is 22.0 Å². The molecule has 9 heteroatoms. The number of anilines is 1. The van der Waals surface area contributed by atoms with Gasteiger partial charge in [-0.2, -0.15) is 10.1 Å². The fraction of sp³-hybridized carbons (Fsp3) is 0.200. The highest BCUT2D eigenvalue weighted by Crippen LogP contribution is 2.19. The summed E-state index contributed by atoms with van der Waals surface area (Å²) in [6.45, 7) is 3.77. The van der Waals surface area contributed by atoms with Gasteiger partial charge in [-0.25, -0.2) is 14.5 Å².